The molecule has 0 aromatic heterocycles. The maximum absolute atomic E-state index is 11.6. The quantitative estimate of drug-likeness (QED) is 0.578. The number of nitrogens with zero attached hydrogens (tertiary/aromatic N) is 1. The minimum absolute atomic E-state index is 0.0309. The van der Waals surface area contributed by atoms with Gasteiger partial charge in [-0.25, -0.2) is 0 Å². The van der Waals surface area contributed by atoms with Crippen molar-refractivity contribution in [3.05, 3.63) is 34.4 Å². The number of nitro benzene ring substituents is 1. The lowest BCUT2D eigenvalue weighted by molar-refractivity contribution is -0.384. The zero-order valence-electron chi connectivity index (χ0n) is 9.96. The number of benzene rings is 1. The van der Waals surface area contributed by atoms with Crippen LogP contribution in [0.15, 0.2) is 24.3 Å². The van der Waals surface area contributed by atoms with Crippen LogP contribution in [-0.2, 0) is 9.53 Å². The van der Waals surface area contributed by atoms with E-state index in [0.29, 0.717) is 18.7 Å². The van der Waals surface area contributed by atoms with Crippen molar-refractivity contribution in [3.63, 3.8) is 0 Å². The summed E-state index contributed by atoms with van der Waals surface area (Å²) in [6.07, 6.45) is 0.412. The van der Waals surface area contributed by atoms with Crippen molar-refractivity contribution in [1.82, 2.24) is 0 Å². The van der Waals surface area contributed by atoms with Crippen LogP contribution in [0.3, 0.4) is 0 Å². The minimum atomic E-state index is -0.667. The highest BCUT2D eigenvalue weighted by atomic mass is 16.6. The maximum Gasteiger partial charge on any atom is 0.269 e. The molecule has 0 spiro atoms. The SMILES string of the molecule is COCCC(N)C(=O)Nc1ccc([N+](=O)[O-])cc1. The lowest BCUT2D eigenvalue weighted by Gasteiger charge is -2.11. The summed E-state index contributed by atoms with van der Waals surface area (Å²) in [6, 6.07) is 4.88. The molecule has 1 aromatic carbocycles. The van der Waals surface area contributed by atoms with Crippen LogP contribution >= 0.6 is 0 Å². The Bertz CT molecular complexity index is 419. The number of carbonyl (C=O) groups excluding carboxylic acids is 1. The van der Waals surface area contributed by atoms with Crippen LogP contribution < -0.4 is 11.1 Å². The number of hydrogen-bond donors (Lipinski definition) is 2. The van der Waals surface area contributed by atoms with Crippen LogP contribution in [-0.4, -0.2) is 30.6 Å². The van der Waals surface area contributed by atoms with Crippen LogP contribution in [0.25, 0.3) is 0 Å². The van der Waals surface area contributed by atoms with Gasteiger partial charge in [-0.15, -0.1) is 0 Å². The first kappa shape index (κ1) is 14.1. The number of amides is 1. The third-order valence-corrected chi connectivity index (χ3v) is 2.32. The fourth-order valence-electron chi connectivity index (χ4n) is 1.28. The number of nitro groups is 1. The number of ether oxygens (including phenoxy) is 1. The molecule has 98 valence electrons. The largest absolute Gasteiger partial charge is 0.385 e. The molecule has 1 rings (SSSR count). The zero-order chi connectivity index (χ0) is 13.5. The average Bonchev–Trinajstić information content (AvgIpc) is 2.36. The van der Waals surface area contributed by atoms with Gasteiger partial charge in [0.15, 0.2) is 0 Å². The van der Waals surface area contributed by atoms with Crippen LogP contribution in [0.2, 0.25) is 0 Å². The Kier molecular flexibility index (Phi) is 5.22. The number of anilines is 1. The van der Waals surface area contributed by atoms with E-state index < -0.39 is 11.0 Å². The highest BCUT2D eigenvalue weighted by Crippen LogP contribution is 2.15. The van der Waals surface area contributed by atoms with Crippen molar-refractivity contribution < 1.29 is 14.5 Å². The second-order valence-corrected chi connectivity index (χ2v) is 3.68. The van der Waals surface area contributed by atoms with Crippen LogP contribution in [0, 0.1) is 10.1 Å². The van der Waals surface area contributed by atoms with Gasteiger partial charge in [-0.1, -0.05) is 0 Å². The summed E-state index contributed by atoms with van der Waals surface area (Å²) < 4.78 is 4.82. The number of nitrogens with two attached hydrogens (primary N) is 1. The summed E-state index contributed by atoms with van der Waals surface area (Å²) >= 11 is 0. The molecule has 18 heavy (non-hydrogen) atoms. The van der Waals surface area contributed by atoms with Gasteiger partial charge < -0.3 is 15.8 Å². The molecule has 0 fully saturated rings. The number of methoxy groups -OCH3 is 1. The predicted molar refractivity (Wildman–Crippen MR) is 66.2 cm³/mol. The van der Waals surface area contributed by atoms with E-state index in [1.54, 1.807) is 0 Å². The van der Waals surface area contributed by atoms with Gasteiger partial charge in [0.1, 0.15) is 0 Å². The van der Waals surface area contributed by atoms with Gasteiger partial charge in [0, 0.05) is 31.5 Å². The number of rotatable bonds is 6. The van der Waals surface area contributed by atoms with Crippen LogP contribution in [0.4, 0.5) is 11.4 Å². The molecular weight excluding hydrogens is 238 g/mol. The van der Waals surface area contributed by atoms with Gasteiger partial charge in [-0.05, 0) is 18.6 Å². The van der Waals surface area contributed by atoms with E-state index in [2.05, 4.69) is 5.32 Å². The molecule has 1 atom stereocenters. The van der Waals surface area contributed by atoms with E-state index in [-0.39, 0.29) is 11.6 Å². The highest BCUT2D eigenvalue weighted by Gasteiger charge is 2.13. The lowest BCUT2D eigenvalue weighted by atomic mass is 10.2. The Morgan fingerprint density at radius 2 is 2.11 bits per heavy atom. The van der Waals surface area contributed by atoms with Crippen molar-refractivity contribution in [2.75, 3.05) is 19.0 Å². The minimum Gasteiger partial charge on any atom is -0.385 e. The molecule has 1 aromatic rings. The van der Waals surface area contributed by atoms with Crippen LogP contribution in [0.1, 0.15) is 6.42 Å². The molecule has 0 aliphatic rings. The van der Waals surface area contributed by atoms with E-state index in [9.17, 15) is 14.9 Å². The number of carbonyl (C=O) groups is 1. The summed E-state index contributed by atoms with van der Waals surface area (Å²) in [5, 5.41) is 13.0. The third-order valence-electron chi connectivity index (χ3n) is 2.32. The molecule has 3 N–H and O–H groups in total. The van der Waals surface area contributed by atoms with Gasteiger partial charge in [-0.3, -0.25) is 14.9 Å². The molecule has 0 aliphatic carbocycles. The second-order valence-electron chi connectivity index (χ2n) is 3.68. The molecular formula is C11H15N3O4. The van der Waals surface area contributed by atoms with E-state index in [1.807, 2.05) is 0 Å². The standard InChI is InChI=1S/C11H15N3O4/c1-18-7-6-10(12)11(15)13-8-2-4-9(5-3-8)14(16)17/h2-5,10H,6-7,12H2,1H3,(H,13,15). The molecule has 0 saturated heterocycles. The topological polar surface area (TPSA) is 107 Å². The van der Waals surface area contributed by atoms with E-state index in [0.717, 1.165) is 0 Å². The van der Waals surface area contributed by atoms with Crippen LogP contribution in [0.5, 0.6) is 0 Å². The van der Waals surface area contributed by atoms with Crippen molar-refractivity contribution in [3.8, 4) is 0 Å². The van der Waals surface area contributed by atoms with Crippen molar-refractivity contribution in [2.24, 2.45) is 5.73 Å². The maximum atomic E-state index is 11.6. The fourth-order valence-corrected chi connectivity index (χ4v) is 1.28. The zero-order valence-corrected chi connectivity index (χ0v) is 9.96. The highest BCUT2D eigenvalue weighted by molar-refractivity contribution is 5.94. The first-order chi connectivity index (χ1) is 8.54. The van der Waals surface area contributed by atoms with Crippen molar-refractivity contribution in [2.45, 2.75) is 12.5 Å². The van der Waals surface area contributed by atoms with Gasteiger partial charge in [0.05, 0.1) is 11.0 Å². The Morgan fingerprint density at radius 1 is 1.50 bits per heavy atom. The third kappa shape index (κ3) is 4.11. The molecule has 0 bridgehead atoms. The van der Waals surface area contributed by atoms with Crippen molar-refractivity contribution >= 4 is 17.3 Å². The first-order valence-electron chi connectivity index (χ1n) is 5.34. The molecule has 1 amide bonds. The van der Waals surface area contributed by atoms with Gasteiger partial charge in [-0.2, -0.15) is 0 Å². The smallest absolute Gasteiger partial charge is 0.269 e. The lowest BCUT2D eigenvalue weighted by Crippen LogP contribution is -2.36. The number of non-ortho nitro benzene ring substituents is 1. The Labute approximate surface area is 104 Å². The second kappa shape index (κ2) is 6.67. The van der Waals surface area contributed by atoms with Gasteiger partial charge in [0.2, 0.25) is 5.91 Å². The fraction of sp³-hybridized carbons (Fsp3) is 0.364. The molecule has 0 heterocycles. The molecule has 0 aliphatic heterocycles. The van der Waals surface area contributed by atoms with E-state index >= 15 is 0 Å². The van der Waals surface area contributed by atoms with Gasteiger partial charge >= 0.3 is 0 Å². The summed E-state index contributed by atoms with van der Waals surface area (Å²) in [7, 11) is 1.53. The Hall–Kier alpha value is -1.99. The van der Waals surface area contributed by atoms with Gasteiger partial charge in [0.25, 0.3) is 5.69 Å². The number of hydrogen-bond acceptors (Lipinski definition) is 5. The average molecular weight is 253 g/mol. The molecule has 0 radical (unpaired) electrons. The van der Waals surface area contributed by atoms with E-state index in [4.69, 9.17) is 10.5 Å². The molecule has 7 heteroatoms. The summed E-state index contributed by atoms with van der Waals surface area (Å²) in [5.41, 5.74) is 6.07. The first-order valence-corrected chi connectivity index (χ1v) is 5.34. The van der Waals surface area contributed by atoms with E-state index in [1.165, 1.54) is 31.4 Å². The Morgan fingerprint density at radius 3 is 2.61 bits per heavy atom. The molecule has 0 saturated carbocycles. The summed E-state index contributed by atoms with van der Waals surface area (Å²) in [6.45, 7) is 0.398. The summed E-state index contributed by atoms with van der Waals surface area (Å²) in [4.78, 5) is 21.6. The van der Waals surface area contributed by atoms with Crippen molar-refractivity contribution in [1.29, 1.82) is 0 Å². The molecule has 7 nitrogen and oxygen atoms in total. The predicted octanol–water partition coefficient (Wildman–Crippen LogP) is 0.897. The monoisotopic (exact) mass is 253 g/mol. The number of nitrogens with one attached hydrogen (secondary N) is 1. The molecule has 1 unspecified atom stereocenters. The Balaban J connectivity index is 2.56. The summed E-state index contributed by atoms with van der Waals surface area (Å²) in [5.74, 6) is -0.346. The normalized spacial score (nSPS) is 11.9.